The van der Waals surface area contributed by atoms with E-state index in [9.17, 15) is 5.11 Å². The largest absolute Gasteiger partial charge is 0.493 e. The summed E-state index contributed by atoms with van der Waals surface area (Å²) >= 11 is 8.26. The molecule has 4 N–H and O–H groups in total. The van der Waals surface area contributed by atoms with Crippen LogP contribution in [0.5, 0.6) is 5.88 Å². The SMILES string of the molecule is CN(c1ccccc1)c1ccc(NN=C2C=c3sc(=Cc4[nH]c(=S)[nH]c4O)cc3S2)cc1. The number of para-hydroxylation sites is 1. The Bertz CT molecular complexity index is 1470. The molecule has 160 valence electrons. The highest BCUT2D eigenvalue weighted by Gasteiger charge is 2.13. The number of thiophene rings is 1. The molecular weight excluding hydrogens is 458 g/mol. The Hall–Kier alpha value is -3.27. The number of nitrogens with one attached hydrogen (secondary N) is 3. The van der Waals surface area contributed by atoms with Crippen LogP contribution in [0.15, 0.2) is 70.7 Å². The summed E-state index contributed by atoms with van der Waals surface area (Å²) < 4.78 is 2.58. The van der Waals surface area contributed by atoms with E-state index >= 15 is 0 Å². The number of nitrogens with zero attached hydrogens (tertiary/aromatic N) is 2. The molecular formula is C23H19N5OS3. The summed E-state index contributed by atoms with van der Waals surface area (Å²) in [6.07, 6.45) is 3.94. The van der Waals surface area contributed by atoms with Crippen molar-refractivity contribution in [2.45, 2.75) is 4.90 Å². The van der Waals surface area contributed by atoms with E-state index in [0.717, 1.165) is 36.1 Å². The lowest BCUT2D eigenvalue weighted by Gasteiger charge is -2.19. The first kappa shape index (κ1) is 20.6. The molecule has 5 rings (SSSR count). The fourth-order valence-electron chi connectivity index (χ4n) is 3.28. The fraction of sp³-hybridized carbons (Fsp3) is 0.0435. The van der Waals surface area contributed by atoms with Crippen molar-refractivity contribution >= 4 is 69.6 Å². The summed E-state index contributed by atoms with van der Waals surface area (Å²) in [7, 11) is 2.05. The third-order valence-electron chi connectivity index (χ3n) is 4.93. The van der Waals surface area contributed by atoms with Crippen LogP contribution < -0.4 is 19.4 Å². The van der Waals surface area contributed by atoms with E-state index in [2.05, 4.69) is 68.9 Å². The zero-order chi connectivity index (χ0) is 22.1. The summed E-state index contributed by atoms with van der Waals surface area (Å²) in [6, 6.07) is 20.5. The molecule has 4 aromatic rings. The maximum absolute atomic E-state index is 9.84. The zero-order valence-electron chi connectivity index (χ0n) is 17.0. The number of aromatic hydroxyl groups is 1. The summed E-state index contributed by atoms with van der Waals surface area (Å²) in [5.41, 5.74) is 6.90. The van der Waals surface area contributed by atoms with Crippen molar-refractivity contribution in [3.05, 3.63) is 80.2 Å². The molecule has 3 heterocycles. The van der Waals surface area contributed by atoms with Gasteiger partial charge in [-0.3, -0.25) is 5.43 Å². The normalized spacial score (nSPS) is 14.4. The molecule has 32 heavy (non-hydrogen) atoms. The first-order chi connectivity index (χ1) is 15.5. The number of aromatic amines is 2. The van der Waals surface area contributed by atoms with Crippen LogP contribution in [0.3, 0.4) is 0 Å². The molecule has 0 atom stereocenters. The standard InChI is InChI=1S/C23H19N5OS3/c1-28(15-5-3-2-4-6-15)16-9-7-14(8-10-16)26-27-21-13-20-19(32-21)12-17(31-20)11-18-22(29)25-23(30)24-18/h2-13,26,29H,1H3,(H2,24,25,30). The van der Waals surface area contributed by atoms with Gasteiger partial charge in [-0.15, -0.1) is 11.3 Å². The van der Waals surface area contributed by atoms with Crippen LogP contribution in [0.2, 0.25) is 0 Å². The highest BCUT2D eigenvalue weighted by atomic mass is 32.2. The molecule has 0 spiro atoms. The summed E-state index contributed by atoms with van der Waals surface area (Å²) in [6.45, 7) is 0. The van der Waals surface area contributed by atoms with Gasteiger partial charge in [0.15, 0.2) is 4.77 Å². The van der Waals surface area contributed by atoms with Crippen LogP contribution >= 0.6 is 35.3 Å². The van der Waals surface area contributed by atoms with Crippen LogP contribution in [0.4, 0.5) is 17.1 Å². The third kappa shape index (κ3) is 4.36. The molecule has 1 aliphatic rings. The van der Waals surface area contributed by atoms with Gasteiger partial charge in [-0.1, -0.05) is 30.0 Å². The Balaban J connectivity index is 1.28. The minimum Gasteiger partial charge on any atom is -0.493 e. The van der Waals surface area contributed by atoms with Gasteiger partial charge in [0.05, 0.1) is 5.69 Å². The number of fused-ring (bicyclic) bond motifs is 1. The molecule has 0 aliphatic carbocycles. The molecule has 9 heteroatoms. The number of benzene rings is 2. The predicted octanol–water partition coefficient (Wildman–Crippen LogP) is 4.75. The van der Waals surface area contributed by atoms with E-state index in [-0.39, 0.29) is 5.88 Å². The molecule has 0 unspecified atom stereocenters. The average Bonchev–Trinajstić information content (AvgIpc) is 3.45. The molecule has 0 bridgehead atoms. The van der Waals surface area contributed by atoms with Gasteiger partial charge < -0.3 is 20.0 Å². The van der Waals surface area contributed by atoms with Gasteiger partial charge >= 0.3 is 0 Å². The summed E-state index contributed by atoms with van der Waals surface area (Å²) in [4.78, 5) is 8.90. The third-order valence-corrected chi connectivity index (χ3v) is 7.27. The first-order valence-electron chi connectivity index (χ1n) is 9.80. The van der Waals surface area contributed by atoms with Crippen molar-refractivity contribution in [1.82, 2.24) is 9.97 Å². The maximum atomic E-state index is 9.84. The van der Waals surface area contributed by atoms with Crippen molar-refractivity contribution < 1.29 is 5.11 Å². The molecule has 2 aromatic heterocycles. The number of rotatable bonds is 5. The Kier molecular flexibility index (Phi) is 5.60. The smallest absolute Gasteiger partial charge is 0.215 e. The fourth-order valence-corrected chi connectivity index (χ4v) is 5.66. The number of thioether (sulfide) groups is 1. The molecule has 0 saturated heterocycles. The van der Waals surface area contributed by atoms with Gasteiger partial charge in [0.25, 0.3) is 0 Å². The number of hydrogen-bond donors (Lipinski definition) is 4. The lowest BCUT2D eigenvalue weighted by molar-refractivity contribution is 0.455. The minimum absolute atomic E-state index is 0.0487. The highest BCUT2D eigenvalue weighted by Crippen LogP contribution is 2.26. The van der Waals surface area contributed by atoms with Crippen LogP contribution in [0.1, 0.15) is 5.69 Å². The van der Waals surface area contributed by atoms with Crippen molar-refractivity contribution in [2.75, 3.05) is 17.4 Å². The molecule has 0 radical (unpaired) electrons. The Morgan fingerprint density at radius 2 is 1.81 bits per heavy atom. The molecule has 6 nitrogen and oxygen atoms in total. The maximum Gasteiger partial charge on any atom is 0.215 e. The summed E-state index contributed by atoms with van der Waals surface area (Å²) in [5, 5.41) is 15.3. The van der Waals surface area contributed by atoms with Crippen molar-refractivity contribution in [3.63, 3.8) is 0 Å². The molecule has 0 amide bonds. The van der Waals surface area contributed by atoms with E-state index in [1.807, 2.05) is 36.4 Å². The number of hydrogen-bond acceptors (Lipinski definition) is 7. The second-order valence-electron chi connectivity index (χ2n) is 7.11. The minimum atomic E-state index is 0.0487. The average molecular weight is 478 g/mol. The highest BCUT2D eigenvalue weighted by molar-refractivity contribution is 8.15. The van der Waals surface area contributed by atoms with E-state index < -0.39 is 0 Å². The van der Waals surface area contributed by atoms with Crippen LogP contribution in [-0.2, 0) is 0 Å². The monoisotopic (exact) mass is 477 g/mol. The number of hydrazone groups is 1. The van der Waals surface area contributed by atoms with Crippen LogP contribution in [-0.4, -0.2) is 27.2 Å². The van der Waals surface area contributed by atoms with Crippen LogP contribution in [0, 0.1) is 4.77 Å². The van der Waals surface area contributed by atoms with E-state index in [1.54, 1.807) is 23.1 Å². The van der Waals surface area contributed by atoms with Crippen molar-refractivity contribution in [3.8, 4) is 5.88 Å². The Morgan fingerprint density at radius 3 is 2.50 bits per heavy atom. The van der Waals surface area contributed by atoms with E-state index in [0.29, 0.717) is 10.5 Å². The molecule has 0 fully saturated rings. The lowest BCUT2D eigenvalue weighted by atomic mass is 10.2. The van der Waals surface area contributed by atoms with Crippen LogP contribution in [0.25, 0.3) is 12.2 Å². The lowest BCUT2D eigenvalue weighted by Crippen LogP contribution is -2.08. The predicted molar refractivity (Wildman–Crippen MR) is 137 cm³/mol. The van der Waals surface area contributed by atoms with E-state index in [1.165, 1.54) is 0 Å². The Labute approximate surface area is 197 Å². The first-order valence-corrected chi connectivity index (χ1v) is 11.8. The van der Waals surface area contributed by atoms with E-state index in [4.69, 9.17) is 12.2 Å². The quantitative estimate of drug-likeness (QED) is 0.247. The number of aromatic nitrogens is 2. The van der Waals surface area contributed by atoms with Gasteiger partial charge in [-0.2, -0.15) is 5.10 Å². The number of imidazole rings is 1. The second kappa shape index (κ2) is 8.70. The molecule has 1 aliphatic heterocycles. The van der Waals surface area contributed by atoms with Gasteiger partial charge in [-0.25, -0.2) is 0 Å². The van der Waals surface area contributed by atoms with Gasteiger partial charge in [0.1, 0.15) is 10.7 Å². The topological polar surface area (TPSA) is 79.4 Å². The Morgan fingerprint density at radius 1 is 1.06 bits per heavy atom. The van der Waals surface area contributed by atoms with Crippen molar-refractivity contribution in [2.24, 2.45) is 5.10 Å². The zero-order valence-corrected chi connectivity index (χ0v) is 19.4. The second-order valence-corrected chi connectivity index (χ2v) is 9.70. The molecule has 0 saturated carbocycles. The van der Waals surface area contributed by atoms with Gasteiger partial charge in [-0.05, 0) is 66.8 Å². The van der Waals surface area contributed by atoms with Gasteiger partial charge in [0.2, 0.25) is 5.88 Å². The number of H-pyrrole nitrogens is 2. The summed E-state index contributed by atoms with van der Waals surface area (Å²) in [5.74, 6) is 0.0487. The molecule has 2 aromatic carbocycles. The number of anilines is 3. The van der Waals surface area contributed by atoms with Crippen molar-refractivity contribution in [1.29, 1.82) is 0 Å². The van der Waals surface area contributed by atoms with Gasteiger partial charge in [0, 0.05) is 32.4 Å².